The van der Waals surface area contributed by atoms with Crippen molar-refractivity contribution in [1.82, 2.24) is 5.32 Å². The number of carbonyl (C=O) groups excluding carboxylic acids is 1. The second kappa shape index (κ2) is 7.90. The highest BCUT2D eigenvalue weighted by Crippen LogP contribution is 2.19. The van der Waals surface area contributed by atoms with Gasteiger partial charge in [-0.2, -0.15) is 0 Å². The van der Waals surface area contributed by atoms with Crippen LogP contribution in [-0.2, 0) is 0 Å². The molecule has 2 nitrogen and oxygen atoms in total. The third kappa shape index (κ3) is 5.00. The van der Waals surface area contributed by atoms with Crippen LogP contribution >= 0.6 is 46.0 Å². The molecular formula is C15H13ClINOS. The molecule has 0 heterocycles. The van der Waals surface area contributed by atoms with Crippen LogP contribution in [-0.4, -0.2) is 18.2 Å². The van der Waals surface area contributed by atoms with Gasteiger partial charge in [0, 0.05) is 31.3 Å². The summed E-state index contributed by atoms with van der Waals surface area (Å²) in [7, 11) is 0. The molecule has 2 rings (SSSR count). The van der Waals surface area contributed by atoms with E-state index in [0.717, 1.165) is 19.2 Å². The smallest absolute Gasteiger partial charge is 0.251 e. The van der Waals surface area contributed by atoms with E-state index in [1.165, 1.54) is 0 Å². The van der Waals surface area contributed by atoms with Gasteiger partial charge >= 0.3 is 0 Å². The topological polar surface area (TPSA) is 29.1 Å². The molecule has 0 aliphatic carbocycles. The van der Waals surface area contributed by atoms with Crippen LogP contribution in [0.25, 0.3) is 0 Å². The maximum atomic E-state index is 11.9. The number of hydrogen-bond acceptors (Lipinski definition) is 2. The number of amides is 1. The molecule has 0 spiro atoms. The molecule has 2 aromatic rings. The van der Waals surface area contributed by atoms with Crippen molar-refractivity contribution in [3.05, 3.63) is 62.7 Å². The van der Waals surface area contributed by atoms with E-state index in [2.05, 4.69) is 27.9 Å². The Morgan fingerprint density at radius 2 is 1.75 bits per heavy atom. The molecule has 0 aromatic heterocycles. The summed E-state index contributed by atoms with van der Waals surface area (Å²) in [4.78, 5) is 13.0. The van der Waals surface area contributed by atoms with Crippen molar-refractivity contribution in [2.24, 2.45) is 0 Å². The van der Waals surface area contributed by atoms with Gasteiger partial charge in [-0.1, -0.05) is 11.6 Å². The summed E-state index contributed by atoms with van der Waals surface area (Å²) < 4.78 is 1.12. The minimum atomic E-state index is -0.0295. The van der Waals surface area contributed by atoms with E-state index < -0.39 is 0 Å². The first-order chi connectivity index (χ1) is 9.65. The summed E-state index contributed by atoms with van der Waals surface area (Å²) in [5, 5.41) is 3.65. The third-order valence-corrected chi connectivity index (χ3v) is 4.56. The molecule has 0 saturated carbocycles. The zero-order valence-electron chi connectivity index (χ0n) is 10.6. The standard InChI is InChI=1S/C15H13ClINOS/c16-12-3-7-14(8-4-12)20-10-9-18-15(19)11-1-5-13(17)6-2-11/h1-8H,9-10H2,(H,18,19). The van der Waals surface area contributed by atoms with E-state index in [9.17, 15) is 4.79 Å². The first kappa shape index (κ1) is 15.7. The number of halogens is 2. The predicted octanol–water partition coefficient (Wildman–Crippen LogP) is 4.47. The van der Waals surface area contributed by atoms with Crippen molar-refractivity contribution in [3.8, 4) is 0 Å². The van der Waals surface area contributed by atoms with E-state index >= 15 is 0 Å². The Bertz CT molecular complexity index is 571. The molecule has 0 fully saturated rings. The van der Waals surface area contributed by atoms with Crippen LogP contribution in [0.3, 0.4) is 0 Å². The quantitative estimate of drug-likeness (QED) is 0.442. The van der Waals surface area contributed by atoms with Crippen molar-refractivity contribution < 1.29 is 4.79 Å². The van der Waals surface area contributed by atoms with E-state index in [0.29, 0.717) is 12.1 Å². The van der Waals surface area contributed by atoms with Crippen molar-refractivity contribution in [2.75, 3.05) is 12.3 Å². The molecule has 0 radical (unpaired) electrons. The van der Waals surface area contributed by atoms with Crippen molar-refractivity contribution >= 4 is 51.9 Å². The largest absolute Gasteiger partial charge is 0.351 e. The monoisotopic (exact) mass is 417 g/mol. The van der Waals surface area contributed by atoms with Gasteiger partial charge in [0.1, 0.15) is 0 Å². The first-order valence-electron chi connectivity index (χ1n) is 6.07. The molecule has 0 aliphatic heterocycles. The Kier molecular flexibility index (Phi) is 6.19. The molecule has 20 heavy (non-hydrogen) atoms. The van der Waals surface area contributed by atoms with Gasteiger partial charge in [-0.25, -0.2) is 0 Å². The van der Waals surface area contributed by atoms with E-state index in [1.807, 2.05) is 48.5 Å². The van der Waals surface area contributed by atoms with Crippen LogP contribution < -0.4 is 5.32 Å². The number of thioether (sulfide) groups is 1. The van der Waals surface area contributed by atoms with Crippen LogP contribution in [0.15, 0.2) is 53.4 Å². The molecule has 0 atom stereocenters. The van der Waals surface area contributed by atoms with Gasteiger partial charge in [0.2, 0.25) is 0 Å². The molecular weight excluding hydrogens is 405 g/mol. The highest BCUT2D eigenvalue weighted by atomic mass is 127. The molecule has 1 amide bonds. The normalized spacial score (nSPS) is 10.3. The Morgan fingerprint density at radius 1 is 1.10 bits per heavy atom. The summed E-state index contributed by atoms with van der Waals surface area (Å²) in [6.45, 7) is 0.637. The Labute approximate surface area is 141 Å². The molecule has 0 aliphatic rings. The second-order valence-corrected chi connectivity index (χ2v) is 6.92. The zero-order valence-corrected chi connectivity index (χ0v) is 14.3. The lowest BCUT2D eigenvalue weighted by Gasteiger charge is -2.05. The van der Waals surface area contributed by atoms with Crippen LogP contribution in [0.1, 0.15) is 10.4 Å². The number of carbonyl (C=O) groups is 1. The van der Waals surface area contributed by atoms with Gasteiger partial charge in [0.05, 0.1) is 0 Å². The summed E-state index contributed by atoms with van der Waals surface area (Å²) >= 11 is 9.74. The van der Waals surface area contributed by atoms with Crippen LogP contribution in [0.4, 0.5) is 0 Å². The van der Waals surface area contributed by atoms with Crippen LogP contribution in [0.2, 0.25) is 5.02 Å². The minimum Gasteiger partial charge on any atom is -0.351 e. The van der Waals surface area contributed by atoms with Crippen molar-refractivity contribution in [3.63, 3.8) is 0 Å². The molecule has 0 bridgehead atoms. The van der Waals surface area contributed by atoms with E-state index in [-0.39, 0.29) is 5.91 Å². The molecule has 104 valence electrons. The fourth-order valence-electron chi connectivity index (χ4n) is 1.57. The molecule has 0 unspecified atom stereocenters. The van der Waals surface area contributed by atoms with E-state index in [4.69, 9.17) is 11.6 Å². The second-order valence-electron chi connectivity index (χ2n) is 4.07. The molecule has 2 aromatic carbocycles. The van der Waals surface area contributed by atoms with Gasteiger partial charge in [-0.3, -0.25) is 4.79 Å². The van der Waals surface area contributed by atoms with Gasteiger partial charge in [0.15, 0.2) is 0 Å². The molecule has 0 saturated heterocycles. The molecule has 1 N–H and O–H groups in total. The van der Waals surface area contributed by atoms with Gasteiger partial charge < -0.3 is 5.32 Å². The van der Waals surface area contributed by atoms with Crippen LogP contribution in [0, 0.1) is 3.57 Å². The van der Waals surface area contributed by atoms with Gasteiger partial charge in [-0.05, 0) is 71.1 Å². The zero-order chi connectivity index (χ0) is 14.4. The van der Waals surface area contributed by atoms with E-state index in [1.54, 1.807) is 11.8 Å². The molecule has 5 heteroatoms. The fraction of sp³-hybridized carbons (Fsp3) is 0.133. The first-order valence-corrected chi connectivity index (χ1v) is 8.51. The van der Waals surface area contributed by atoms with Gasteiger partial charge in [0.25, 0.3) is 5.91 Å². The number of hydrogen-bond donors (Lipinski definition) is 1. The minimum absolute atomic E-state index is 0.0295. The maximum Gasteiger partial charge on any atom is 0.251 e. The Balaban J connectivity index is 1.74. The number of benzene rings is 2. The van der Waals surface area contributed by atoms with Gasteiger partial charge in [-0.15, -0.1) is 11.8 Å². The Morgan fingerprint density at radius 3 is 2.40 bits per heavy atom. The summed E-state index contributed by atoms with van der Waals surface area (Å²) in [6.07, 6.45) is 0. The van der Waals surface area contributed by atoms with Crippen molar-refractivity contribution in [2.45, 2.75) is 4.90 Å². The average Bonchev–Trinajstić information content (AvgIpc) is 2.46. The fourth-order valence-corrected chi connectivity index (χ4v) is 2.82. The highest BCUT2D eigenvalue weighted by molar-refractivity contribution is 14.1. The lowest BCUT2D eigenvalue weighted by Crippen LogP contribution is -2.25. The summed E-state index contributed by atoms with van der Waals surface area (Å²) in [5.74, 6) is 0.802. The number of nitrogens with one attached hydrogen (secondary N) is 1. The summed E-state index contributed by atoms with van der Waals surface area (Å²) in [5.41, 5.74) is 0.696. The SMILES string of the molecule is O=C(NCCSc1ccc(Cl)cc1)c1ccc(I)cc1. The van der Waals surface area contributed by atoms with Crippen molar-refractivity contribution in [1.29, 1.82) is 0 Å². The number of rotatable bonds is 5. The average molecular weight is 418 g/mol. The van der Waals surface area contributed by atoms with Crippen LogP contribution in [0.5, 0.6) is 0 Å². The summed E-state index contributed by atoms with van der Waals surface area (Å²) in [6, 6.07) is 15.2. The highest BCUT2D eigenvalue weighted by Gasteiger charge is 2.04. The third-order valence-electron chi connectivity index (χ3n) is 2.58. The predicted molar refractivity (Wildman–Crippen MR) is 93.7 cm³/mol. The lowest BCUT2D eigenvalue weighted by atomic mass is 10.2. The Hall–Kier alpha value is -0.720. The maximum absolute atomic E-state index is 11.9. The lowest BCUT2D eigenvalue weighted by molar-refractivity contribution is 0.0956.